The molecule has 0 saturated heterocycles. The van der Waals surface area contributed by atoms with Crippen LogP contribution in [0.4, 0.5) is 8.78 Å². The lowest BCUT2D eigenvalue weighted by Gasteiger charge is -2.19. The zero-order valence-corrected chi connectivity index (χ0v) is 12.4. The van der Waals surface area contributed by atoms with E-state index in [2.05, 4.69) is 15.9 Å². The van der Waals surface area contributed by atoms with E-state index in [1.807, 2.05) is 0 Å². The molecule has 98 valence electrons. The van der Waals surface area contributed by atoms with Crippen molar-refractivity contribution in [3.63, 3.8) is 0 Å². The maximum absolute atomic E-state index is 12.3. The summed E-state index contributed by atoms with van der Waals surface area (Å²) in [6.07, 6.45) is -2.73. The molecule has 9 heteroatoms. The predicted octanol–water partition coefficient (Wildman–Crippen LogP) is 3.01. The molecule has 0 amide bonds. The van der Waals surface area contributed by atoms with Gasteiger partial charge in [0, 0.05) is 12.4 Å². The minimum absolute atomic E-state index is 0.0233. The quantitative estimate of drug-likeness (QED) is 0.724. The molecule has 0 aliphatic heterocycles. The molecule has 1 heterocycles. The van der Waals surface area contributed by atoms with Gasteiger partial charge in [-0.3, -0.25) is 0 Å². The predicted molar refractivity (Wildman–Crippen MR) is 67.5 cm³/mol. The SMILES string of the molecule is O=S(=O)(c1ccc(Br)s1)N(CCCl)CC(F)F. The van der Waals surface area contributed by atoms with Gasteiger partial charge in [-0.1, -0.05) is 0 Å². The average Bonchev–Trinajstić information content (AvgIpc) is 2.64. The van der Waals surface area contributed by atoms with Gasteiger partial charge in [-0.2, -0.15) is 4.31 Å². The van der Waals surface area contributed by atoms with Gasteiger partial charge in [0.1, 0.15) is 4.21 Å². The van der Waals surface area contributed by atoms with Gasteiger partial charge >= 0.3 is 0 Å². The van der Waals surface area contributed by atoms with Crippen molar-refractivity contribution in [2.45, 2.75) is 10.6 Å². The fourth-order valence-electron chi connectivity index (χ4n) is 1.12. The molecule has 0 bridgehead atoms. The highest BCUT2D eigenvalue weighted by Crippen LogP contribution is 2.28. The molecule has 0 radical (unpaired) electrons. The molecule has 0 aromatic carbocycles. The Morgan fingerprint density at radius 3 is 2.53 bits per heavy atom. The third kappa shape index (κ3) is 4.13. The number of alkyl halides is 3. The highest BCUT2D eigenvalue weighted by Gasteiger charge is 2.28. The van der Waals surface area contributed by atoms with Gasteiger partial charge in [0.05, 0.1) is 10.3 Å². The Balaban J connectivity index is 2.99. The van der Waals surface area contributed by atoms with Gasteiger partial charge in [0.2, 0.25) is 0 Å². The summed E-state index contributed by atoms with van der Waals surface area (Å²) < 4.78 is 49.9. The number of thiophene rings is 1. The van der Waals surface area contributed by atoms with E-state index >= 15 is 0 Å². The number of hydrogen-bond donors (Lipinski definition) is 0. The molecule has 1 aromatic heterocycles. The van der Waals surface area contributed by atoms with Crippen molar-refractivity contribution in [1.82, 2.24) is 4.31 Å². The molecule has 3 nitrogen and oxygen atoms in total. The van der Waals surface area contributed by atoms with E-state index in [0.29, 0.717) is 8.09 Å². The number of hydrogen-bond acceptors (Lipinski definition) is 3. The first-order chi connectivity index (χ1) is 7.87. The molecule has 0 N–H and O–H groups in total. The number of nitrogens with zero attached hydrogens (tertiary/aromatic N) is 1. The Hall–Kier alpha value is 0.240. The van der Waals surface area contributed by atoms with Crippen LogP contribution in [0.15, 0.2) is 20.1 Å². The molecule has 0 atom stereocenters. The van der Waals surface area contributed by atoms with Gasteiger partial charge in [-0.05, 0) is 28.1 Å². The molecule has 17 heavy (non-hydrogen) atoms. The van der Waals surface area contributed by atoms with Crippen LogP contribution in [0.1, 0.15) is 0 Å². The van der Waals surface area contributed by atoms with E-state index in [1.54, 1.807) is 6.07 Å². The van der Waals surface area contributed by atoms with Crippen molar-refractivity contribution in [3.05, 3.63) is 15.9 Å². The number of halogens is 4. The zero-order valence-electron chi connectivity index (χ0n) is 8.45. The molecular formula is C8H9BrClF2NO2S2. The van der Waals surface area contributed by atoms with Crippen LogP contribution < -0.4 is 0 Å². The van der Waals surface area contributed by atoms with E-state index in [1.165, 1.54) is 6.07 Å². The average molecular weight is 369 g/mol. The fourth-order valence-corrected chi connectivity index (χ4v) is 5.01. The van der Waals surface area contributed by atoms with E-state index < -0.39 is 23.0 Å². The minimum atomic E-state index is -3.88. The maximum Gasteiger partial charge on any atom is 0.252 e. The van der Waals surface area contributed by atoms with Crippen molar-refractivity contribution < 1.29 is 17.2 Å². The number of rotatable bonds is 6. The van der Waals surface area contributed by atoms with Gasteiger partial charge in [-0.15, -0.1) is 22.9 Å². The molecule has 1 aromatic rings. The van der Waals surface area contributed by atoms with E-state index in [4.69, 9.17) is 11.6 Å². The van der Waals surface area contributed by atoms with E-state index in [9.17, 15) is 17.2 Å². The Kier molecular flexibility index (Phi) is 5.78. The first kappa shape index (κ1) is 15.3. The normalized spacial score (nSPS) is 12.6. The third-order valence-corrected chi connectivity index (χ3v) is 5.94. The zero-order chi connectivity index (χ0) is 13.1. The summed E-state index contributed by atoms with van der Waals surface area (Å²) in [6.45, 7) is -0.978. The second-order valence-electron chi connectivity index (χ2n) is 3.00. The molecule has 1 rings (SSSR count). The van der Waals surface area contributed by atoms with Crippen LogP contribution in [0.25, 0.3) is 0 Å². The largest absolute Gasteiger partial charge is 0.252 e. The van der Waals surface area contributed by atoms with Gasteiger partial charge < -0.3 is 0 Å². The Labute approximate surface area is 116 Å². The second-order valence-corrected chi connectivity index (χ2v) is 8.01. The molecular weight excluding hydrogens is 360 g/mol. The van der Waals surface area contributed by atoms with Gasteiger partial charge in [0.25, 0.3) is 16.4 Å². The molecule has 0 aliphatic carbocycles. The lowest BCUT2D eigenvalue weighted by molar-refractivity contribution is 0.121. The topological polar surface area (TPSA) is 37.4 Å². The summed E-state index contributed by atoms with van der Waals surface area (Å²) in [6, 6.07) is 2.93. The third-order valence-electron chi connectivity index (χ3n) is 1.82. The number of sulfonamides is 1. The Morgan fingerprint density at radius 2 is 2.12 bits per heavy atom. The van der Waals surface area contributed by atoms with Crippen molar-refractivity contribution in [1.29, 1.82) is 0 Å². The first-order valence-corrected chi connectivity index (χ1v) is 8.06. The second kappa shape index (κ2) is 6.42. The van der Waals surface area contributed by atoms with Gasteiger partial charge in [-0.25, -0.2) is 17.2 Å². The summed E-state index contributed by atoms with van der Waals surface area (Å²) in [4.78, 5) is 0. The summed E-state index contributed by atoms with van der Waals surface area (Å²) in [5, 5.41) is 0. The van der Waals surface area contributed by atoms with Gasteiger partial charge in [0.15, 0.2) is 0 Å². The fraction of sp³-hybridized carbons (Fsp3) is 0.500. The van der Waals surface area contributed by atoms with Crippen LogP contribution >= 0.6 is 38.9 Å². The van der Waals surface area contributed by atoms with E-state index in [-0.39, 0.29) is 16.6 Å². The van der Waals surface area contributed by atoms with E-state index in [0.717, 1.165) is 11.3 Å². The summed E-state index contributed by atoms with van der Waals surface area (Å²) >= 11 is 9.52. The van der Waals surface area contributed by atoms with Crippen LogP contribution in [0, 0.1) is 0 Å². The monoisotopic (exact) mass is 367 g/mol. The maximum atomic E-state index is 12.3. The van der Waals surface area contributed by atoms with Crippen LogP contribution in [0.3, 0.4) is 0 Å². The van der Waals surface area contributed by atoms with Crippen LogP contribution in [0.5, 0.6) is 0 Å². The van der Waals surface area contributed by atoms with Crippen molar-refractivity contribution in [2.24, 2.45) is 0 Å². The first-order valence-electron chi connectivity index (χ1n) is 4.47. The van der Waals surface area contributed by atoms with Crippen molar-refractivity contribution >= 4 is 48.9 Å². The van der Waals surface area contributed by atoms with Crippen LogP contribution in [0.2, 0.25) is 0 Å². The highest BCUT2D eigenvalue weighted by atomic mass is 79.9. The summed E-state index contributed by atoms with van der Waals surface area (Å²) in [5.41, 5.74) is 0. The Bertz CT molecular complexity index is 466. The highest BCUT2D eigenvalue weighted by molar-refractivity contribution is 9.11. The lowest BCUT2D eigenvalue weighted by atomic mass is 10.6. The smallest absolute Gasteiger partial charge is 0.209 e. The standard InChI is InChI=1S/C8H9BrClF2NO2S2/c9-6-1-2-8(16-6)17(14,15)13(4-3-10)5-7(11)12/h1-2,7H,3-5H2. The lowest BCUT2D eigenvalue weighted by Crippen LogP contribution is -2.36. The molecule has 0 fully saturated rings. The molecule has 0 unspecified atom stereocenters. The molecule has 0 spiro atoms. The van der Waals surface area contributed by atoms with Crippen molar-refractivity contribution in [2.75, 3.05) is 19.0 Å². The molecule has 0 saturated carbocycles. The summed E-state index contributed by atoms with van der Waals surface area (Å²) in [7, 11) is -3.88. The van der Waals surface area contributed by atoms with Crippen LogP contribution in [-0.4, -0.2) is 38.1 Å². The molecule has 0 aliphatic rings. The van der Waals surface area contributed by atoms with Crippen LogP contribution in [-0.2, 0) is 10.0 Å². The minimum Gasteiger partial charge on any atom is -0.209 e. The van der Waals surface area contributed by atoms with Crippen molar-refractivity contribution in [3.8, 4) is 0 Å². The Morgan fingerprint density at radius 1 is 1.47 bits per heavy atom. The summed E-state index contributed by atoms with van der Waals surface area (Å²) in [5.74, 6) is -0.0293.